The summed E-state index contributed by atoms with van der Waals surface area (Å²) in [6.07, 6.45) is -4.41. The van der Waals surface area contributed by atoms with Gasteiger partial charge in [0.15, 0.2) is 11.5 Å². The Kier molecular flexibility index (Phi) is 6.06. The number of hydrogen-bond donors (Lipinski definition) is 1. The number of rotatable bonds is 4. The van der Waals surface area contributed by atoms with Crippen molar-refractivity contribution >= 4 is 35.0 Å². The van der Waals surface area contributed by atoms with Gasteiger partial charge in [-0.1, -0.05) is 24.3 Å². The van der Waals surface area contributed by atoms with Crippen molar-refractivity contribution in [1.29, 1.82) is 0 Å². The van der Waals surface area contributed by atoms with Crippen LogP contribution in [0, 0.1) is 0 Å². The number of alkyl halides is 3. The number of hydrogen-bond acceptors (Lipinski definition) is 5. The predicted octanol–water partition coefficient (Wildman–Crippen LogP) is 5.64. The minimum Gasteiger partial charge on any atom is -0.454 e. The van der Waals surface area contributed by atoms with Gasteiger partial charge >= 0.3 is 6.18 Å². The first-order valence-electron chi connectivity index (χ1n) is 10.7. The van der Waals surface area contributed by atoms with Crippen molar-refractivity contribution in [2.75, 3.05) is 23.6 Å². The third-order valence-corrected chi connectivity index (χ3v) is 6.95. The number of carbonyl (C=O) groups is 2. The number of ether oxygens (including phenoxy) is 2. The molecule has 10 heteroatoms. The quantitative estimate of drug-likeness (QED) is 0.502. The van der Waals surface area contributed by atoms with E-state index in [1.54, 1.807) is 18.2 Å². The van der Waals surface area contributed by atoms with Gasteiger partial charge in [-0.05, 0) is 48.0 Å². The predicted molar refractivity (Wildman–Crippen MR) is 125 cm³/mol. The third-order valence-electron chi connectivity index (χ3n) is 5.63. The number of amides is 2. The zero-order valence-corrected chi connectivity index (χ0v) is 19.0. The highest BCUT2D eigenvalue weighted by molar-refractivity contribution is 7.99. The maximum absolute atomic E-state index is 13.3. The Morgan fingerprint density at radius 2 is 1.83 bits per heavy atom. The first kappa shape index (κ1) is 23.1. The normalized spacial score (nSPS) is 17.1. The van der Waals surface area contributed by atoms with Crippen LogP contribution in [-0.4, -0.2) is 25.2 Å². The largest absolute Gasteiger partial charge is 0.454 e. The van der Waals surface area contributed by atoms with E-state index in [0.29, 0.717) is 17.2 Å². The molecule has 1 atom stereocenters. The maximum atomic E-state index is 13.3. The Hall–Kier alpha value is -3.66. The molecule has 2 aliphatic rings. The Morgan fingerprint density at radius 1 is 1.03 bits per heavy atom. The van der Waals surface area contributed by atoms with Crippen LogP contribution in [0.2, 0.25) is 0 Å². The summed E-state index contributed by atoms with van der Waals surface area (Å²) in [5.41, 5.74) is 0.602. The lowest BCUT2D eigenvalue weighted by Crippen LogP contribution is -2.38. The van der Waals surface area contributed by atoms with Gasteiger partial charge in [0.25, 0.3) is 0 Å². The van der Waals surface area contributed by atoms with Gasteiger partial charge in [0.2, 0.25) is 18.6 Å². The Bertz CT molecular complexity index is 1300. The number of nitrogens with zero attached hydrogens (tertiary/aromatic N) is 1. The molecular formula is C25H19F3N2O4S. The summed E-state index contributed by atoms with van der Waals surface area (Å²) >= 11 is 1.50. The first-order chi connectivity index (χ1) is 16.8. The fraction of sp³-hybridized carbons (Fsp3) is 0.200. The number of carbonyl (C=O) groups excluding carboxylic acids is 2. The van der Waals surface area contributed by atoms with E-state index in [9.17, 15) is 22.8 Å². The van der Waals surface area contributed by atoms with E-state index in [0.717, 1.165) is 22.6 Å². The van der Waals surface area contributed by atoms with Crippen LogP contribution in [0.4, 0.5) is 24.5 Å². The molecule has 0 fully saturated rings. The fourth-order valence-corrected chi connectivity index (χ4v) is 5.24. The summed E-state index contributed by atoms with van der Waals surface area (Å²) in [6.45, 7) is -0.187. The second-order valence-electron chi connectivity index (χ2n) is 8.00. The lowest BCUT2D eigenvalue weighted by Gasteiger charge is -2.22. The zero-order chi connectivity index (χ0) is 24.6. The second-order valence-corrected chi connectivity index (χ2v) is 9.24. The lowest BCUT2D eigenvalue weighted by molar-refractivity contribution is -0.137. The monoisotopic (exact) mass is 500 g/mol. The average Bonchev–Trinajstić information content (AvgIpc) is 3.25. The summed E-state index contributed by atoms with van der Waals surface area (Å²) in [5, 5.41) is 2.25. The van der Waals surface area contributed by atoms with Gasteiger partial charge in [0.05, 0.1) is 11.3 Å². The zero-order valence-electron chi connectivity index (χ0n) is 18.2. The van der Waals surface area contributed by atoms with E-state index in [2.05, 4.69) is 5.32 Å². The van der Waals surface area contributed by atoms with Crippen LogP contribution in [0.25, 0.3) is 0 Å². The Morgan fingerprint density at radius 3 is 2.66 bits per heavy atom. The van der Waals surface area contributed by atoms with E-state index >= 15 is 0 Å². The standard InChI is InChI=1S/C25H19F3N2O4S/c26-25(27,28)16-4-3-5-17(11-16)29-23(31)13-30-18-6-1-2-7-21(18)35-22(12-24(30)32)15-8-9-19-20(10-15)34-14-33-19/h1-11,22H,12-14H2,(H,29,31). The summed E-state index contributed by atoms with van der Waals surface area (Å²) in [7, 11) is 0. The molecule has 0 aromatic heterocycles. The molecule has 1 N–H and O–H groups in total. The molecule has 35 heavy (non-hydrogen) atoms. The van der Waals surface area contributed by atoms with Gasteiger partial charge in [-0.15, -0.1) is 11.8 Å². The molecule has 2 amide bonds. The van der Waals surface area contributed by atoms with Crippen LogP contribution >= 0.6 is 11.8 Å². The highest BCUT2D eigenvalue weighted by atomic mass is 32.2. The van der Waals surface area contributed by atoms with Gasteiger partial charge < -0.3 is 19.7 Å². The summed E-state index contributed by atoms with van der Waals surface area (Å²) in [6, 6.07) is 17.2. The van der Waals surface area contributed by atoms with Gasteiger partial charge in [-0.2, -0.15) is 13.2 Å². The van der Waals surface area contributed by atoms with Crippen LogP contribution < -0.4 is 19.7 Å². The molecule has 2 aliphatic heterocycles. The number of benzene rings is 3. The van der Waals surface area contributed by atoms with Crippen molar-refractivity contribution in [1.82, 2.24) is 0 Å². The lowest BCUT2D eigenvalue weighted by atomic mass is 10.1. The highest BCUT2D eigenvalue weighted by Crippen LogP contribution is 2.47. The molecule has 2 heterocycles. The molecule has 5 rings (SSSR count). The van der Waals surface area contributed by atoms with Gasteiger partial charge in [-0.25, -0.2) is 0 Å². The van der Waals surface area contributed by atoms with Crippen LogP contribution in [0.15, 0.2) is 71.6 Å². The number of nitrogens with one attached hydrogen (secondary N) is 1. The van der Waals surface area contributed by atoms with Crippen LogP contribution in [0.5, 0.6) is 11.5 Å². The molecule has 0 saturated heterocycles. The third kappa shape index (κ3) is 4.93. The van der Waals surface area contributed by atoms with E-state index in [1.807, 2.05) is 24.3 Å². The Labute approximate surface area is 203 Å². The summed E-state index contributed by atoms with van der Waals surface area (Å²) < 4.78 is 49.9. The number of anilines is 2. The van der Waals surface area contributed by atoms with Crippen molar-refractivity contribution in [3.05, 3.63) is 77.9 Å². The molecule has 0 aliphatic carbocycles. The topological polar surface area (TPSA) is 67.9 Å². The summed E-state index contributed by atoms with van der Waals surface area (Å²) in [5.74, 6) is 0.390. The van der Waals surface area contributed by atoms with Crippen molar-refractivity contribution < 1.29 is 32.2 Å². The van der Waals surface area contributed by atoms with Crippen molar-refractivity contribution in [2.45, 2.75) is 22.7 Å². The van der Waals surface area contributed by atoms with Gasteiger partial charge in [0.1, 0.15) is 6.54 Å². The molecule has 0 spiro atoms. The first-order valence-corrected chi connectivity index (χ1v) is 11.6. The average molecular weight is 500 g/mol. The van der Waals surface area contributed by atoms with Crippen LogP contribution in [0.3, 0.4) is 0 Å². The van der Waals surface area contributed by atoms with Crippen molar-refractivity contribution in [3.63, 3.8) is 0 Å². The molecule has 0 saturated carbocycles. The van der Waals surface area contributed by atoms with E-state index in [1.165, 1.54) is 28.8 Å². The molecule has 0 radical (unpaired) electrons. The number of para-hydroxylation sites is 1. The van der Waals surface area contributed by atoms with Crippen molar-refractivity contribution in [3.8, 4) is 11.5 Å². The molecule has 180 valence electrons. The number of fused-ring (bicyclic) bond motifs is 2. The van der Waals surface area contributed by atoms with Crippen LogP contribution in [-0.2, 0) is 15.8 Å². The molecule has 3 aromatic carbocycles. The SMILES string of the molecule is O=C(CN1C(=O)CC(c2ccc3c(c2)OCO3)Sc2ccccc21)Nc1cccc(C(F)(F)F)c1. The summed E-state index contributed by atoms with van der Waals surface area (Å²) in [4.78, 5) is 28.2. The number of halogens is 3. The molecular weight excluding hydrogens is 481 g/mol. The molecule has 3 aromatic rings. The van der Waals surface area contributed by atoms with E-state index in [4.69, 9.17) is 9.47 Å². The van der Waals surface area contributed by atoms with E-state index < -0.39 is 17.6 Å². The minimum atomic E-state index is -4.53. The van der Waals surface area contributed by atoms with Gasteiger partial charge in [-0.3, -0.25) is 9.59 Å². The molecule has 0 bridgehead atoms. The molecule has 1 unspecified atom stereocenters. The van der Waals surface area contributed by atoms with Crippen molar-refractivity contribution in [2.24, 2.45) is 0 Å². The highest BCUT2D eigenvalue weighted by Gasteiger charge is 2.32. The minimum absolute atomic E-state index is 0.00740. The van der Waals surface area contributed by atoms with E-state index in [-0.39, 0.29) is 36.6 Å². The molecule has 6 nitrogen and oxygen atoms in total. The fourth-order valence-electron chi connectivity index (χ4n) is 3.97. The maximum Gasteiger partial charge on any atom is 0.416 e. The Balaban J connectivity index is 1.37. The van der Waals surface area contributed by atoms with Crippen LogP contribution in [0.1, 0.15) is 22.8 Å². The van der Waals surface area contributed by atoms with Gasteiger partial charge in [0, 0.05) is 22.3 Å². The number of thioether (sulfide) groups is 1. The second kappa shape index (κ2) is 9.18. The smallest absolute Gasteiger partial charge is 0.416 e.